The zero-order valence-electron chi connectivity index (χ0n) is 12.7. The van der Waals surface area contributed by atoms with E-state index in [9.17, 15) is 13.2 Å². The second-order valence-corrected chi connectivity index (χ2v) is 3.36. The molecule has 0 unspecified atom stereocenters. The molecule has 1 saturated heterocycles. The van der Waals surface area contributed by atoms with E-state index in [0.717, 1.165) is 17.0 Å². The van der Waals surface area contributed by atoms with Gasteiger partial charge in [-0.2, -0.15) is 13.2 Å². The van der Waals surface area contributed by atoms with E-state index < -0.39 is 24.7 Å². The van der Waals surface area contributed by atoms with Crippen molar-refractivity contribution in [3.8, 4) is 0 Å². The van der Waals surface area contributed by atoms with Crippen molar-refractivity contribution in [2.24, 2.45) is 0 Å². The molecule has 0 aromatic heterocycles. The van der Waals surface area contributed by atoms with Crippen LogP contribution in [0.4, 0.5) is 18.9 Å². The van der Waals surface area contributed by atoms with Gasteiger partial charge in [-0.25, -0.2) is 0 Å². The number of alkyl halides is 3. The predicted octanol–water partition coefficient (Wildman–Crippen LogP) is 2.54. The molecular weight excluding hydrogens is 253 g/mol. The number of anilines is 1. The summed E-state index contributed by atoms with van der Waals surface area (Å²) in [6.07, 6.45) is -4.52. The van der Waals surface area contributed by atoms with E-state index in [1.165, 1.54) is 12.1 Å². The van der Waals surface area contributed by atoms with Crippen LogP contribution in [0.15, 0.2) is 24.3 Å². The Kier molecular flexibility index (Phi) is 2.98. The smallest absolute Gasteiger partial charge is 0.369 e. The third kappa shape index (κ3) is 3.51. The van der Waals surface area contributed by atoms with Crippen molar-refractivity contribution in [2.45, 2.75) is 6.18 Å². The number of hydrogen-bond donors (Lipinski definition) is 1. The molecule has 0 saturated carbocycles. The van der Waals surface area contributed by atoms with Crippen LogP contribution in [0.3, 0.4) is 0 Å². The third-order valence-corrected chi connectivity index (χ3v) is 2.22. The molecule has 0 spiro atoms. The lowest BCUT2D eigenvalue weighted by Gasteiger charge is -2.29. The van der Waals surface area contributed by atoms with E-state index in [2.05, 4.69) is 5.32 Å². The van der Waals surface area contributed by atoms with Gasteiger partial charge in [-0.15, -0.1) is 12.4 Å². The van der Waals surface area contributed by atoms with Crippen LogP contribution in [0.5, 0.6) is 0 Å². The van der Waals surface area contributed by atoms with Gasteiger partial charge in [0.2, 0.25) is 0 Å². The summed E-state index contributed by atoms with van der Waals surface area (Å²) in [6, 6.07) is 4.26. The first-order valence-corrected chi connectivity index (χ1v) is 4.76. The number of nitrogens with one attached hydrogen (secondary N) is 1. The summed E-state index contributed by atoms with van der Waals surface area (Å²) in [4.78, 5) is 1.01. The van der Waals surface area contributed by atoms with E-state index in [4.69, 9.17) is 5.48 Å². The van der Waals surface area contributed by atoms with Crippen LogP contribution in [0.25, 0.3) is 0 Å². The Balaban J connectivity index is 0.00000220. The molecule has 1 aromatic carbocycles. The highest BCUT2D eigenvalue weighted by Gasteiger charge is 2.30. The summed E-state index contributed by atoms with van der Waals surface area (Å²) < 4.78 is 68.9. The number of piperazine rings is 1. The van der Waals surface area contributed by atoms with Crippen LogP contribution in [0.2, 0.25) is 0 Å². The normalized spacial score (nSPS) is 25.9. The molecule has 0 aliphatic carbocycles. The fourth-order valence-corrected chi connectivity index (χ4v) is 1.44. The van der Waals surface area contributed by atoms with Gasteiger partial charge < -0.3 is 10.2 Å². The van der Waals surface area contributed by atoms with Crippen LogP contribution in [0.1, 0.15) is 11.0 Å². The van der Waals surface area contributed by atoms with Gasteiger partial charge in [-0.1, -0.05) is 6.07 Å². The van der Waals surface area contributed by atoms with E-state index in [0.29, 0.717) is 0 Å². The van der Waals surface area contributed by atoms with E-state index >= 15 is 0 Å². The lowest BCUT2D eigenvalue weighted by molar-refractivity contribution is -0.137. The zero-order valence-corrected chi connectivity index (χ0v) is 9.53. The highest BCUT2D eigenvalue weighted by Crippen LogP contribution is 2.31. The van der Waals surface area contributed by atoms with Crippen LogP contribution in [-0.4, -0.2) is 26.1 Å². The monoisotopic (exact) mass is 270 g/mol. The standard InChI is InChI=1S/C11H13F3N2.ClH/c12-11(13,14)9-2-1-3-10(8-9)16-6-4-15-5-7-16;/h1-3,8,15H,4-7H2;1H/i4D2,6D2;. The van der Waals surface area contributed by atoms with Crippen molar-refractivity contribution < 1.29 is 18.7 Å². The minimum Gasteiger partial charge on any atom is -0.369 e. The molecule has 0 atom stereocenters. The van der Waals surface area contributed by atoms with Crippen molar-refractivity contribution >= 4 is 18.1 Å². The van der Waals surface area contributed by atoms with Crippen LogP contribution in [0, 0.1) is 0 Å². The number of rotatable bonds is 1. The van der Waals surface area contributed by atoms with Crippen molar-refractivity contribution in [2.75, 3.05) is 31.0 Å². The number of benzene rings is 1. The fraction of sp³-hybridized carbons (Fsp3) is 0.455. The molecule has 0 amide bonds. The summed E-state index contributed by atoms with van der Waals surface area (Å²) in [5, 5.41) is 2.39. The lowest BCUT2D eigenvalue weighted by Crippen LogP contribution is -2.43. The molecule has 0 bridgehead atoms. The Bertz CT molecular complexity index is 510. The van der Waals surface area contributed by atoms with Crippen LogP contribution < -0.4 is 10.2 Å². The average Bonchev–Trinajstić information content (AvgIpc) is 2.32. The molecule has 17 heavy (non-hydrogen) atoms. The van der Waals surface area contributed by atoms with Gasteiger partial charge in [0.15, 0.2) is 0 Å². The first-order valence-electron chi connectivity index (χ1n) is 6.76. The Morgan fingerprint density at radius 1 is 1.35 bits per heavy atom. The van der Waals surface area contributed by atoms with E-state index in [-0.39, 0.29) is 31.2 Å². The van der Waals surface area contributed by atoms with Gasteiger partial charge in [-0.3, -0.25) is 0 Å². The molecule has 1 aliphatic rings. The van der Waals surface area contributed by atoms with Gasteiger partial charge in [0.25, 0.3) is 0 Å². The van der Waals surface area contributed by atoms with E-state index in [1.54, 1.807) is 0 Å². The molecular formula is C11H14ClF3N2. The van der Waals surface area contributed by atoms with Gasteiger partial charge >= 0.3 is 6.18 Å². The Morgan fingerprint density at radius 2 is 2.12 bits per heavy atom. The second-order valence-electron chi connectivity index (χ2n) is 3.36. The summed E-state index contributed by atoms with van der Waals surface area (Å²) in [7, 11) is 0. The molecule has 0 radical (unpaired) electrons. The minimum atomic E-state index is -4.52. The van der Waals surface area contributed by atoms with Gasteiger partial charge in [0.1, 0.15) is 0 Å². The second kappa shape index (κ2) is 5.60. The Labute approximate surface area is 110 Å². The van der Waals surface area contributed by atoms with Crippen molar-refractivity contribution in [3.05, 3.63) is 29.8 Å². The molecule has 1 aromatic rings. The number of halogens is 4. The average molecular weight is 271 g/mol. The molecule has 1 heterocycles. The Morgan fingerprint density at radius 3 is 2.82 bits per heavy atom. The maximum atomic E-state index is 12.7. The molecule has 1 fully saturated rings. The first kappa shape index (κ1) is 9.05. The fourth-order valence-electron chi connectivity index (χ4n) is 1.44. The largest absolute Gasteiger partial charge is 0.416 e. The Hall–Kier alpha value is -0.940. The van der Waals surface area contributed by atoms with Crippen molar-refractivity contribution in [3.63, 3.8) is 0 Å². The molecule has 2 nitrogen and oxygen atoms in total. The number of hydrogen-bond acceptors (Lipinski definition) is 2. The molecule has 1 aliphatic heterocycles. The topological polar surface area (TPSA) is 15.3 Å². The zero-order chi connectivity index (χ0) is 15.2. The molecule has 96 valence electrons. The highest BCUT2D eigenvalue weighted by atomic mass is 35.5. The van der Waals surface area contributed by atoms with Gasteiger partial charge in [-0.05, 0) is 18.2 Å². The molecule has 1 N–H and O–H groups in total. The maximum absolute atomic E-state index is 12.7. The first-order chi connectivity index (χ1) is 9.06. The summed E-state index contributed by atoms with van der Waals surface area (Å²) in [5.74, 6) is 0. The SMILES string of the molecule is Cl.[2H]C1([2H])NCCN(c2cccc(C(F)(F)F)c2)C1([2H])[2H]. The number of nitrogens with zero attached hydrogens (tertiary/aromatic N) is 1. The maximum Gasteiger partial charge on any atom is 0.416 e. The molecule has 2 rings (SSSR count). The summed E-state index contributed by atoms with van der Waals surface area (Å²) in [6.45, 7) is -4.58. The van der Waals surface area contributed by atoms with Crippen LogP contribution >= 0.6 is 12.4 Å². The quantitative estimate of drug-likeness (QED) is 0.844. The highest BCUT2D eigenvalue weighted by molar-refractivity contribution is 5.85. The molecule has 6 heteroatoms. The lowest BCUT2D eigenvalue weighted by atomic mass is 10.1. The van der Waals surface area contributed by atoms with Crippen molar-refractivity contribution in [1.29, 1.82) is 0 Å². The summed E-state index contributed by atoms with van der Waals surface area (Å²) >= 11 is 0. The van der Waals surface area contributed by atoms with Crippen molar-refractivity contribution in [1.82, 2.24) is 5.32 Å². The van der Waals surface area contributed by atoms with E-state index in [1.807, 2.05) is 0 Å². The predicted molar refractivity (Wildman–Crippen MR) is 63.8 cm³/mol. The van der Waals surface area contributed by atoms with Gasteiger partial charge in [0, 0.05) is 34.5 Å². The summed E-state index contributed by atoms with van der Waals surface area (Å²) in [5.41, 5.74) is -0.875. The minimum absolute atomic E-state index is 0. The van der Waals surface area contributed by atoms with Crippen LogP contribution in [-0.2, 0) is 6.18 Å². The third-order valence-electron chi connectivity index (χ3n) is 2.22. The van der Waals surface area contributed by atoms with Gasteiger partial charge in [0.05, 0.1) is 8.30 Å².